The molecule has 0 amide bonds. The van der Waals surface area contributed by atoms with Gasteiger partial charge in [-0.25, -0.2) is 9.98 Å². The molecule has 0 bridgehead atoms. The standard InChI is InChI=1S/C21H27N5O/c1-26(13-5-8-18-7-2-3-12-23-18)16-24-20-10-9-19(25-21(20)15-27)17-6-4-11-22-14-17/h4,6,9-11,14-16,18,23H,2-3,5,7-8,12-13H2,1H3/b24-16-/t18-/m0/s1. The smallest absolute Gasteiger partial charge is 0.170 e. The van der Waals surface area contributed by atoms with Crippen LogP contribution in [0.4, 0.5) is 5.69 Å². The minimum Gasteiger partial charge on any atom is -0.366 e. The van der Waals surface area contributed by atoms with Gasteiger partial charge in [-0.1, -0.05) is 6.42 Å². The summed E-state index contributed by atoms with van der Waals surface area (Å²) in [6.45, 7) is 2.10. The molecule has 1 N–H and O–H groups in total. The van der Waals surface area contributed by atoms with E-state index in [9.17, 15) is 4.79 Å². The van der Waals surface area contributed by atoms with Crippen LogP contribution in [0.15, 0.2) is 41.7 Å². The predicted octanol–water partition coefficient (Wildman–Crippen LogP) is 3.47. The molecule has 0 saturated carbocycles. The molecule has 142 valence electrons. The largest absolute Gasteiger partial charge is 0.366 e. The lowest BCUT2D eigenvalue weighted by molar-refractivity contribution is 0.112. The number of rotatable bonds is 8. The van der Waals surface area contributed by atoms with E-state index >= 15 is 0 Å². The van der Waals surface area contributed by atoms with E-state index < -0.39 is 0 Å². The molecule has 0 aromatic carbocycles. The van der Waals surface area contributed by atoms with Gasteiger partial charge in [-0.05, 0) is 56.5 Å². The van der Waals surface area contributed by atoms with Crippen LogP contribution in [-0.2, 0) is 0 Å². The van der Waals surface area contributed by atoms with Crippen LogP contribution in [0.5, 0.6) is 0 Å². The van der Waals surface area contributed by atoms with E-state index in [0.29, 0.717) is 17.4 Å². The summed E-state index contributed by atoms with van der Waals surface area (Å²) in [5.74, 6) is 0. The number of pyridine rings is 2. The highest BCUT2D eigenvalue weighted by molar-refractivity contribution is 5.83. The molecule has 3 rings (SSSR count). The van der Waals surface area contributed by atoms with Crippen molar-refractivity contribution in [2.24, 2.45) is 4.99 Å². The lowest BCUT2D eigenvalue weighted by Crippen LogP contribution is -2.34. The first-order valence-electron chi connectivity index (χ1n) is 9.60. The zero-order valence-corrected chi connectivity index (χ0v) is 15.8. The maximum atomic E-state index is 11.4. The number of carbonyl (C=O) groups is 1. The molecule has 1 aliphatic rings. The van der Waals surface area contributed by atoms with Crippen molar-refractivity contribution < 1.29 is 4.79 Å². The molecular formula is C21H27N5O. The Morgan fingerprint density at radius 3 is 3.00 bits per heavy atom. The maximum Gasteiger partial charge on any atom is 0.170 e. The van der Waals surface area contributed by atoms with Gasteiger partial charge in [0.15, 0.2) is 6.29 Å². The average molecular weight is 365 g/mol. The van der Waals surface area contributed by atoms with Crippen LogP contribution in [0, 0.1) is 0 Å². The van der Waals surface area contributed by atoms with Crippen LogP contribution in [0.3, 0.4) is 0 Å². The Hall–Kier alpha value is -2.60. The quantitative estimate of drug-likeness (QED) is 0.441. The Morgan fingerprint density at radius 1 is 1.33 bits per heavy atom. The first kappa shape index (κ1) is 19.2. The van der Waals surface area contributed by atoms with Crippen molar-refractivity contribution in [3.05, 3.63) is 42.4 Å². The Balaban J connectivity index is 1.56. The number of aldehydes is 1. The number of carbonyl (C=O) groups excluding carboxylic acids is 1. The van der Waals surface area contributed by atoms with Gasteiger partial charge in [-0.3, -0.25) is 9.78 Å². The highest BCUT2D eigenvalue weighted by Crippen LogP contribution is 2.22. The number of hydrogen-bond donors (Lipinski definition) is 1. The van der Waals surface area contributed by atoms with E-state index in [2.05, 4.69) is 25.2 Å². The second-order valence-electron chi connectivity index (χ2n) is 6.97. The van der Waals surface area contributed by atoms with Crippen LogP contribution in [0.25, 0.3) is 11.3 Å². The Morgan fingerprint density at radius 2 is 2.26 bits per heavy atom. The molecule has 1 atom stereocenters. The molecule has 0 aliphatic carbocycles. The highest BCUT2D eigenvalue weighted by Gasteiger charge is 2.12. The van der Waals surface area contributed by atoms with Crippen molar-refractivity contribution in [3.63, 3.8) is 0 Å². The molecule has 6 heteroatoms. The van der Waals surface area contributed by atoms with Gasteiger partial charge in [-0.15, -0.1) is 0 Å². The van der Waals surface area contributed by atoms with Gasteiger partial charge in [0.25, 0.3) is 0 Å². The monoisotopic (exact) mass is 365 g/mol. The van der Waals surface area contributed by atoms with Crippen molar-refractivity contribution in [2.45, 2.75) is 38.1 Å². The summed E-state index contributed by atoms with van der Waals surface area (Å²) in [5, 5.41) is 3.58. The molecule has 2 aromatic heterocycles. The molecule has 1 aliphatic heterocycles. The number of aromatic nitrogens is 2. The molecular weight excluding hydrogens is 338 g/mol. The molecule has 6 nitrogen and oxygen atoms in total. The number of aliphatic imine (C=N–C) groups is 1. The normalized spacial score (nSPS) is 17.1. The number of nitrogens with zero attached hydrogens (tertiary/aromatic N) is 4. The third-order valence-corrected chi connectivity index (χ3v) is 4.84. The van der Waals surface area contributed by atoms with Crippen LogP contribution < -0.4 is 5.32 Å². The van der Waals surface area contributed by atoms with Crippen LogP contribution in [0.1, 0.15) is 42.6 Å². The summed E-state index contributed by atoms with van der Waals surface area (Å²) < 4.78 is 0. The van der Waals surface area contributed by atoms with Crippen molar-refractivity contribution in [2.75, 3.05) is 20.1 Å². The van der Waals surface area contributed by atoms with Crippen molar-refractivity contribution >= 4 is 18.3 Å². The zero-order valence-electron chi connectivity index (χ0n) is 15.8. The summed E-state index contributed by atoms with van der Waals surface area (Å²) >= 11 is 0. The average Bonchev–Trinajstić information content (AvgIpc) is 2.73. The van der Waals surface area contributed by atoms with Crippen LogP contribution >= 0.6 is 0 Å². The molecule has 0 radical (unpaired) electrons. The predicted molar refractivity (Wildman–Crippen MR) is 109 cm³/mol. The van der Waals surface area contributed by atoms with Gasteiger partial charge >= 0.3 is 0 Å². The third-order valence-electron chi connectivity index (χ3n) is 4.84. The minimum atomic E-state index is 0.340. The van der Waals surface area contributed by atoms with Gasteiger partial charge in [0.2, 0.25) is 0 Å². The number of hydrogen-bond acceptors (Lipinski definition) is 5. The van der Waals surface area contributed by atoms with Gasteiger partial charge in [0.05, 0.1) is 17.7 Å². The van der Waals surface area contributed by atoms with E-state index in [1.807, 2.05) is 31.3 Å². The fourth-order valence-corrected chi connectivity index (χ4v) is 3.31. The van der Waals surface area contributed by atoms with Crippen molar-refractivity contribution in [1.82, 2.24) is 20.2 Å². The lowest BCUT2D eigenvalue weighted by Gasteiger charge is -2.24. The molecule has 1 fully saturated rings. The van der Waals surface area contributed by atoms with E-state index in [4.69, 9.17) is 0 Å². The van der Waals surface area contributed by atoms with Crippen molar-refractivity contribution in [1.29, 1.82) is 0 Å². The second-order valence-corrected chi connectivity index (χ2v) is 6.97. The highest BCUT2D eigenvalue weighted by atomic mass is 16.1. The van der Waals surface area contributed by atoms with Gasteiger partial charge in [0, 0.05) is 37.6 Å². The first-order chi connectivity index (χ1) is 13.3. The topological polar surface area (TPSA) is 70.5 Å². The summed E-state index contributed by atoms with van der Waals surface area (Å²) in [6, 6.07) is 8.12. The summed E-state index contributed by atoms with van der Waals surface area (Å²) in [4.78, 5) is 26.5. The van der Waals surface area contributed by atoms with E-state index in [1.54, 1.807) is 18.7 Å². The third kappa shape index (κ3) is 5.69. The van der Waals surface area contributed by atoms with Gasteiger partial charge in [-0.2, -0.15) is 0 Å². The second kappa shape index (κ2) is 9.92. The summed E-state index contributed by atoms with van der Waals surface area (Å²) in [6.07, 6.45) is 12.2. The molecule has 2 aromatic rings. The van der Waals surface area contributed by atoms with Crippen LogP contribution in [0.2, 0.25) is 0 Å². The van der Waals surface area contributed by atoms with Gasteiger partial charge in [0.1, 0.15) is 5.69 Å². The molecule has 0 spiro atoms. The molecule has 0 unspecified atom stereocenters. The first-order valence-corrected chi connectivity index (χ1v) is 9.60. The van der Waals surface area contributed by atoms with Gasteiger partial charge < -0.3 is 10.2 Å². The molecule has 27 heavy (non-hydrogen) atoms. The SMILES string of the molecule is CN(/C=N\c1ccc(-c2cccnc2)nc1C=O)CCC[C@@H]1CCCCN1. The summed E-state index contributed by atoms with van der Waals surface area (Å²) in [5.41, 5.74) is 2.52. The summed E-state index contributed by atoms with van der Waals surface area (Å²) in [7, 11) is 2.01. The van der Waals surface area contributed by atoms with Crippen molar-refractivity contribution in [3.8, 4) is 11.3 Å². The number of piperidine rings is 1. The minimum absolute atomic E-state index is 0.340. The maximum absolute atomic E-state index is 11.4. The Bertz CT molecular complexity index is 756. The zero-order chi connectivity index (χ0) is 18.9. The fourth-order valence-electron chi connectivity index (χ4n) is 3.31. The van der Waals surface area contributed by atoms with Crippen LogP contribution in [-0.4, -0.2) is 53.7 Å². The fraction of sp³-hybridized carbons (Fsp3) is 0.429. The molecule has 3 heterocycles. The Kier molecular flexibility index (Phi) is 7.04. The lowest BCUT2D eigenvalue weighted by atomic mass is 10.0. The Labute approximate surface area is 160 Å². The number of nitrogens with one attached hydrogen (secondary N) is 1. The van der Waals surface area contributed by atoms with E-state index in [1.165, 1.54) is 25.7 Å². The van der Waals surface area contributed by atoms with E-state index in [-0.39, 0.29) is 0 Å². The van der Waals surface area contributed by atoms with E-state index in [0.717, 1.165) is 37.1 Å². The molecule has 1 saturated heterocycles.